The van der Waals surface area contributed by atoms with E-state index in [-0.39, 0.29) is 6.04 Å². The Bertz CT molecular complexity index is 370. The van der Waals surface area contributed by atoms with Crippen LogP contribution >= 0.6 is 0 Å². The van der Waals surface area contributed by atoms with Crippen LogP contribution in [0.2, 0.25) is 0 Å². The second kappa shape index (κ2) is 4.41. The van der Waals surface area contributed by atoms with Crippen molar-refractivity contribution in [3.63, 3.8) is 0 Å². The molecular formula is C12H18N2O2. The van der Waals surface area contributed by atoms with Gasteiger partial charge in [0.25, 0.3) is 0 Å². The molecule has 1 heterocycles. The van der Waals surface area contributed by atoms with Crippen LogP contribution in [0.3, 0.4) is 0 Å². The molecule has 88 valence electrons. The molecule has 0 amide bonds. The molecule has 0 bridgehead atoms. The van der Waals surface area contributed by atoms with E-state index in [4.69, 9.17) is 4.74 Å². The fourth-order valence-electron chi connectivity index (χ4n) is 2.07. The van der Waals surface area contributed by atoms with E-state index in [2.05, 4.69) is 10.6 Å². The van der Waals surface area contributed by atoms with Crippen molar-refractivity contribution in [2.75, 3.05) is 20.7 Å². The second-order valence-electron chi connectivity index (χ2n) is 4.11. The Balaban J connectivity index is 2.41. The van der Waals surface area contributed by atoms with E-state index in [0.717, 1.165) is 11.3 Å². The number of fused-ring (bicyclic) bond motifs is 1. The summed E-state index contributed by atoms with van der Waals surface area (Å²) >= 11 is 0. The van der Waals surface area contributed by atoms with Gasteiger partial charge in [-0.2, -0.15) is 0 Å². The predicted octanol–water partition coefficient (Wildman–Crippen LogP) is 0.422. The van der Waals surface area contributed by atoms with Gasteiger partial charge in [0.15, 0.2) is 0 Å². The molecule has 2 atom stereocenters. The maximum atomic E-state index is 10.6. The molecule has 1 aliphatic rings. The molecule has 3 N–H and O–H groups in total. The maximum Gasteiger partial charge on any atom is 0.147 e. The van der Waals surface area contributed by atoms with Crippen LogP contribution < -0.4 is 15.4 Å². The third kappa shape index (κ3) is 1.91. The zero-order valence-electron chi connectivity index (χ0n) is 9.66. The van der Waals surface area contributed by atoms with Crippen molar-refractivity contribution < 1.29 is 9.84 Å². The van der Waals surface area contributed by atoms with Crippen LogP contribution in [-0.2, 0) is 5.72 Å². The summed E-state index contributed by atoms with van der Waals surface area (Å²) in [5.41, 5.74) is -0.226. The largest absolute Gasteiger partial charge is 0.492 e. The Morgan fingerprint density at radius 3 is 2.81 bits per heavy atom. The van der Waals surface area contributed by atoms with Crippen molar-refractivity contribution in [3.8, 4) is 5.75 Å². The predicted molar refractivity (Wildman–Crippen MR) is 62.4 cm³/mol. The van der Waals surface area contributed by atoms with Crippen LogP contribution in [-0.4, -0.2) is 31.9 Å². The molecule has 1 aromatic rings. The van der Waals surface area contributed by atoms with E-state index in [1.54, 1.807) is 7.05 Å². The van der Waals surface area contributed by atoms with Gasteiger partial charge in [-0.1, -0.05) is 18.2 Å². The van der Waals surface area contributed by atoms with Crippen LogP contribution in [0.25, 0.3) is 0 Å². The summed E-state index contributed by atoms with van der Waals surface area (Å²) in [5.74, 6) is 0.747. The topological polar surface area (TPSA) is 53.5 Å². The Kier molecular flexibility index (Phi) is 3.14. The monoisotopic (exact) mass is 222 g/mol. The van der Waals surface area contributed by atoms with Crippen molar-refractivity contribution in [2.45, 2.75) is 18.2 Å². The lowest BCUT2D eigenvalue weighted by molar-refractivity contribution is -0.00666. The van der Waals surface area contributed by atoms with Gasteiger partial charge in [-0.05, 0) is 20.2 Å². The molecule has 0 saturated heterocycles. The third-order valence-electron chi connectivity index (χ3n) is 3.14. The molecule has 0 aliphatic carbocycles. The molecule has 4 nitrogen and oxygen atoms in total. The smallest absolute Gasteiger partial charge is 0.147 e. The summed E-state index contributed by atoms with van der Waals surface area (Å²) in [5, 5.41) is 16.7. The number of likely N-dealkylation sites (N-methyl/N-ethyl adjacent to an activating group) is 1. The SMILES string of the molecule is CNC1COc2ccccc2C(O)(NC)C1. The number of hydrogen-bond donors (Lipinski definition) is 3. The van der Waals surface area contributed by atoms with E-state index in [1.807, 2.05) is 31.3 Å². The molecule has 2 unspecified atom stereocenters. The van der Waals surface area contributed by atoms with Gasteiger partial charge < -0.3 is 15.2 Å². The van der Waals surface area contributed by atoms with Crippen molar-refractivity contribution >= 4 is 0 Å². The summed E-state index contributed by atoms with van der Waals surface area (Å²) in [4.78, 5) is 0. The quantitative estimate of drug-likeness (QED) is 0.635. The minimum absolute atomic E-state index is 0.129. The molecule has 1 aromatic carbocycles. The number of para-hydroxylation sites is 1. The maximum absolute atomic E-state index is 10.6. The lowest BCUT2D eigenvalue weighted by atomic mass is 9.96. The fourth-order valence-corrected chi connectivity index (χ4v) is 2.07. The molecule has 2 rings (SSSR count). The summed E-state index contributed by atoms with van der Waals surface area (Å²) in [7, 11) is 3.63. The summed E-state index contributed by atoms with van der Waals surface area (Å²) in [6.45, 7) is 0.567. The van der Waals surface area contributed by atoms with E-state index in [1.165, 1.54) is 0 Å². The lowest BCUT2D eigenvalue weighted by Crippen LogP contribution is -2.45. The summed E-state index contributed by atoms with van der Waals surface area (Å²) in [6.07, 6.45) is 0.580. The molecule has 0 aromatic heterocycles. The van der Waals surface area contributed by atoms with Gasteiger partial charge in [-0.25, -0.2) is 0 Å². The van der Waals surface area contributed by atoms with Gasteiger partial charge in [-0.15, -0.1) is 0 Å². The van der Waals surface area contributed by atoms with Crippen LogP contribution in [0.15, 0.2) is 24.3 Å². The zero-order chi connectivity index (χ0) is 11.6. The summed E-state index contributed by atoms with van der Waals surface area (Å²) < 4.78 is 5.69. The minimum atomic E-state index is -1.03. The number of aliphatic hydroxyl groups is 1. The van der Waals surface area contributed by atoms with Crippen molar-refractivity contribution in [2.24, 2.45) is 0 Å². The van der Waals surface area contributed by atoms with Gasteiger partial charge in [0, 0.05) is 18.0 Å². The zero-order valence-corrected chi connectivity index (χ0v) is 9.66. The standard InChI is InChI=1S/C12H18N2O2/c1-13-9-7-12(15,14-2)10-5-3-4-6-11(10)16-8-9/h3-6,9,13-15H,7-8H2,1-2H3. The molecular weight excluding hydrogens is 204 g/mol. The normalized spacial score (nSPS) is 29.1. The number of rotatable bonds is 2. The highest BCUT2D eigenvalue weighted by Crippen LogP contribution is 2.33. The van der Waals surface area contributed by atoms with Crippen molar-refractivity contribution in [1.29, 1.82) is 0 Å². The van der Waals surface area contributed by atoms with E-state index >= 15 is 0 Å². The van der Waals surface area contributed by atoms with E-state index < -0.39 is 5.72 Å². The van der Waals surface area contributed by atoms with Crippen LogP contribution in [0, 0.1) is 0 Å². The molecule has 16 heavy (non-hydrogen) atoms. The molecule has 0 fully saturated rings. The Hall–Kier alpha value is -1.10. The van der Waals surface area contributed by atoms with Crippen LogP contribution in [0.4, 0.5) is 0 Å². The Labute approximate surface area is 95.6 Å². The van der Waals surface area contributed by atoms with Crippen LogP contribution in [0.5, 0.6) is 5.75 Å². The number of ether oxygens (including phenoxy) is 1. The van der Waals surface area contributed by atoms with Gasteiger partial charge in [0.2, 0.25) is 0 Å². The van der Waals surface area contributed by atoms with Crippen molar-refractivity contribution in [1.82, 2.24) is 10.6 Å². The number of benzene rings is 1. The number of nitrogens with one attached hydrogen (secondary N) is 2. The molecule has 0 spiro atoms. The Morgan fingerprint density at radius 2 is 2.12 bits per heavy atom. The average Bonchev–Trinajstić information content (AvgIpc) is 2.48. The lowest BCUT2D eigenvalue weighted by Gasteiger charge is -2.29. The third-order valence-corrected chi connectivity index (χ3v) is 3.14. The first-order valence-corrected chi connectivity index (χ1v) is 5.50. The first-order chi connectivity index (χ1) is 7.69. The highest BCUT2D eigenvalue weighted by atomic mass is 16.5. The second-order valence-corrected chi connectivity index (χ2v) is 4.11. The molecule has 0 saturated carbocycles. The van der Waals surface area contributed by atoms with Gasteiger partial charge in [-0.3, -0.25) is 5.32 Å². The fraction of sp³-hybridized carbons (Fsp3) is 0.500. The summed E-state index contributed by atoms with van der Waals surface area (Å²) in [6, 6.07) is 7.73. The molecule has 1 aliphatic heterocycles. The molecule has 4 heteroatoms. The number of hydrogen-bond acceptors (Lipinski definition) is 4. The van der Waals surface area contributed by atoms with E-state index in [0.29, 0.717) is 13.0 Å². The first-order valence-electron chi connectivity index (χ1n) is 5.50. The van der Waals surface area contributed by atoms with E-state index in [9.17, 15) is 5.11 Å². The minimum Gasteiger partial charge on any atom is -0.492 e. The van der Waals surface area contributed by atoms with Gasteiger partial charge in [0.1, 0.15) is 18.1 Å². The molecule has 0 radical (unpaired) electrons. The van der Waals surface area contributed by atoms with Crippen LogP contribution in [0.1, 0.15) is 12.0 Å². The average molecular weight is 222 g/mol. The van der Waals surface area contributed by atoms with Gasteiger partial charge >= 0.3 is 0 Å². The highest BCUT2D eigenvalue weighted by Gasteiger charge is 2.35. The Morgan fingerprint density at radius 1 is 1.38 bits per heavy atom. The van der Waals surface area contributed by atoms with Gasteiger partial charge in [0.05, 0.1) is 0 Å². The van der Waals surface area contributed by atoms with Crippen molar-refractivity contribution in [3.05, 3.63) is 29.8 Å². The highest BCUT2D eigenvalue weighted by molar-refractivity contribution is 5.38. The first kappa shape index (κ1) is 11.4.